The van der Waals surface area contributed by atoms with E-state index in [-0.39, 0.29) is 24.2 Å². The quantitative estimate of drug-likeness (QED) is 0.503. The Morgan fingerprint density at radius 3 is 2.56 bits per heavy atom. The Balaban J connectivity index is 1.69. The number of likely N-dealkylation sites (N-methyl/N-ethyl adjacent to an activating group) is 1. The van der Waals surface area contributed by atoms with Crippen molar-refractivity contribution in [2.75, 3.05) is 16.8 Å². The first-order valence-electron chi connectivity index (χ1n) is 10.2. The minimum absolute atomic E-state index is 0.211. The average molecular weight is 434 g/mol. The Kier molecular flexibility index (Phi) is 5.72. The number of para-hydroxylation sites is 1. The van der Waals surface area contributed by atoms with Crippen molar-refractivity contribution in [3.63, 3.8) is 0 Å². The van der Waals surface area contributed by atoms with Crippen molar-refractivity contribution in [2.45, 2.75) is 27.3 Å². The Labute approximate surface area is 183 Å². The number of anilines is 3. The highest BCUT2D eigenvalue weighted by Crippen LogP contribution is 2.19. The SMILES string of the molecule is CCN(C(=O)Cn1nc2cc(C)nc(Nc3ccc(F)c(C)c3)n2c1=O)c1ccccc1. The number of halogens is 1. The fraction of sp³-hybridized carbons (Fsp3) is 0.217. The molecule has 2 aromatic carbocycles. The molecule has 0 atom stereocenters. The largest absolute Gasteiger partial charge is 0.353 e. The molecule has 0 spiro atoms. The number of rotatable bonds is 6. The summed E-state index contributed by atoms with van der Waals surface area (Å²) in [5.41, 5.74) is 2.31. The number of benzene rings is 2. The van der Waals surface area contributed by atoms with Gasteiger partial charge in [-0.25, -0.2) is 23.3 Å². The first-order valence-corrected chi connectivity index (χ1v) is 10.2. The second-order valence-corrected chi connectivity index (χ2v) is 7.42. The van der Waals surface area contributed by atoms with Gasteiger partial charge in [0.25, 0.3) is 0 Å². The normalized spacial score (nSPS) is 11.0. The predicted molar refractivity (Wildman–Crippen MR) is 121 cm³/mol. The maximum Gasteiger partial charge on any atom is 0.353 e. The molecule has 0 aliphatic carbocycles. The van der Waals surface area contributed by atoms with Crippen molar-refractivity contribution >= 4 is 28.9 Å². The molecule has 164 valence electrons. The zero-order valence-corrected chi connectivity index (χ0v) is 18.0. The monoisotopic (exact) mass is 434 g/mol. The third-order valence-electron chi connectivity index (χ3n) is 5.08. The summed E-state index contributed by atoms with van der Waals surface area (Å²) in [6.45, 7) is 5.56. The molecule has 2 heterocycles. The van der Waals surface area contributed by atoms with Crippen LogP contribution < -0.4 is 15.9 Å². The minimum Gasteiger partial charge on any atom is -0.325 e. The molecule has 0 aliphatic heterocycles. The lowest BCUT2D eigenvalue weighted by Gasteiger charge is -2.20. The van der Waals surface area contributed by atoms with Gasteiger partial charge in [-0.2, -0.15) is 0 Å². The van der Waals surface area contributed by atoms with Crippen LogP contribution in [0.5, 0.6) is 0 Å². The summed E-state index contributed by atoms with van der Waals surface area (Å²) in [6.07, 6.45) is 0. The Morgan fingerprint density at radius 1 is 1.12 bits per heavy atom. The number of carbonyl (C=O) groups excluding carboxylic acids is 1. The zero-order valence-electron chi connectivity index (χ0n) is 18.0. The first-order chi connectivity index (χ1) is 15.4. The van der Waals surface area contributed by atoms with Crippen LogP contribution in [0, 0.1) is 19.7 Å². The van der Waals surface area contributed by atoms with E-state index in [9.17, 15) is 14.0 Å². The molecule has 9 heteroatoms. The fourth-order valence-corrected chi connectivity index (χ4v) is 3.52. The molecule has 0 bridgehead atoms. The number of hydrogen-bond donors (Lipinski definition) is 1. The maximum absolute atomic E-state index is 13.6. The van der Waals surface area contributed by atoms with E-state index in [0.717, 1.165) is 10.4 Å². The number of carbonyl (C=O) groups is 1. The van der Waals surface area contributed by atoms with Gasteiger partial charge in [0.05, 0.1) is 0 Å². The smallest absolute Gasteiger partial charge is 0.325 e. The number of aryl methyl sites for hydroxylation is 2. The van der Waals surface area contributed by atoms with E-state index in [1.165, 1.54) is 10.5 Å². The van der Waals surface area contributed by atoms with E-state index in [4.69, 9.17) is 0 Å². The zero-order chi connectivity index (χ0) is 22.8. The molecule has 2 aromatic heterocycles. The Bertz CT molecular complexity index is 1350. The van der Waals surface area contributed by atoms with Gasteiger partial charge in [0.1, 0.15) is 12.4 Å². The lowest BCUT2D eigenvalue weighted by atomic mass is 10.2. The number of amides is 1. The van der Waals surface area contributed by atoms with Crippen LogP contribution in [-0.4, -0.2) is 31.6 Å². The second kappa shape index (κ2) is 8.62. The van der Waals surface area contributed by atoms with Gasteiger partial charge in [-0.3, -0.25) is 4.79 Å². The van der Waals surface area contributed by atoms with Crippen LogP contribution in [0.4, 0.5) is 21.7 Å². The highest BCUT2D eigenvalue weighted by Gasteiger charge is 2.19. The predicted octanol–water partition coefficient (Wildman–Crippen LogP) is 3.44. The van der Waals surface area contributed by atoms with Crippen LogP contribution in [-0.2, 0) is 11.3 Å². The van der Waals surface area contributed by atoms with Crippen molar-refractivity contribution in [1.82, 2.24) is 19.2 Å². The number of hydrogen-bond acceptors (Lipinski definition) is 5. The molecule has 4 aromatic rings. The van der Waals surface area contributed by atoms with E-state index in [1.54, 1.807) is 36.9 Å². The Morgan fingerprint density at radius 2 is 1.88 bits per heavy atom. The fourth-order valence-electron chi connectivity index (χ4n) is 3.52. The van der Waals surface area contributed by atoms with Crippen molar-refractivity contribution < 1.29 is 9.18 Å². The topological polar surface area (TPSA) is 84.5 Å². The molecule has 8 nitrogen and oxygen atoms in total. The molecular weight excluding hydrogens is 411 g/mol. The van der Waals surface area contributed by atoms with E-state index in [2.05, 4.69) is 15.4 Å². The molecule has 32 heavy (non-hydrogen) atoms. The maximum atomic E-state index is 13.6. The summed E-state index contributed by atoms with van der Waals surface area (Å²) < 4.78 is 16.0. The highest BCUT2D eigenvalue weighted by molar-refractivity contribution is 5.93. The molecular formula is C23H23FN6O2. The lowest BCUT2D eigenvalue weighted by molar-refractivity contribution is -0.119. The van der Waals surface area contributed by atoms with E-state index in [0.29, 0.717) is 29.1 Å². The van der Waals surface area contributed by atoms with E-state index in [1.807, 2.05) is 37.3 Å². The van der Waals surface area contributed by atoms with Crippen LogP contribution in [0.2, 0.25) is 0 Å². The van der Waals surface area contributed by atoms with Gasteiger partial charge in [0, 0.05) is 29.7 Å². The van der Waals surface area contributed by atoms with Crippen molar-refractivity contribution in [3.8, 4) is 0 Å². The minimum atomic E-state index is -0.494. The molecule has 0 saturated heterocycles. The molecule has 0 saturated carbocycles. The summed E-state index contributed by atoms with van der Waals surface area (Å²) in [5.74, 6) is -0.331. The highest BCUT2D eigenvalue weighted by atomic mass is 19.1. The third-order valence-corrected chi connectivity index (χ3v) is 5.08. The standard InChI is InChI=1S/C23H23FN6O2/c1-4-28(18-8-6-5-7-9-18)21(31)14-29-23(32)30-20(27-29)13-16(3)25-22(30)26-17-10-11-19(24)15(2)12-17/h5-13H,4,14H2,1-3H3,(H,25,26). The number of fused-ring (bicyclic) bond motifs is 1. The molecule has 1 amide bonds. The van der Waals surface area contributed by atoms with Crippen LogP contribution in [0.25, 0.3) is 5.65 Å². The van der Waals surface area contributed by atoms with Crippen molar-refractivity contribution in [2.24, 2.45) is 0 Å². The van der Waals surface area contributed by atoms with Crippen LogP contribution in [0.3, 0.4) is 0 Å². The van der Waals surface area contributed by atoms with Gasteiger partial charge in [-0.05, 0) is 56.7 Å². The molecule has 0 aliphatic rings. The molecule has 0 unspecified atom stereocenters. The molecule has 0 fully saturated rings. The van der Waals surface area contributed by atoms with Crippen molar-refractivity contribution in [3.05, 3.63) is 82.2 Å². The van der Waals surface area contributed by atoms with E-state index < -0.39 is 5.69 Å². The summed E-state index contributed by atoms with van der Waals surface area (Å²) in [4.78, 5) is 32.1. The van der Waals surface area contributed by atoms with Gasteiger partial charge >= 0.3 is 5.69 Å². The van der Waals surface area contributed by atoms with Crippen molar-refractivity contribution in [1.29, 1.82) is 0 Å². The second-order valence-electron chi connectivity index (χ2n) is 7.42. The molecule has 4 rings (SSSR count). The molecule has 0 radical (unpaired) electrons. The average Bonchev–Trinajstić information content (AvgIpc) is 3.07. The van der Waals surface area contributed by atoms with Gasteiger partial charge in [-0.15, -0.1) is 5.10 Å². The number of aromatic nitrogens is 4. The number of nitrogens with one attached hydrogen (secondary N) is 1. The van der Waals surface area contributed by atoms with Crippen LogP contribution >= 0.6 is 0 Å². The summed E-state index contributed by atoms with van der Waals surface area (Å²) >= 11 is 0. The Hall–Kier alpha value is -4.01. The van der Waals surface area contributed by atoms with E-state index >= 15 is 0 Å². The van der Waals surface area contributed by atoms with Gasteiger partial charge in [0.2, 0.25) is 11.9 Å². The number of nitrogens with zero attached hydrogens (tertiary/aromatic N) is 5. The first kappa shape index (κ1) is 21.2. The molecule has 1 N–H and O–H groups in total. The van der Waals surface area contributed by atoms with Crippen LogP contribution in [0.15, 0.2) is 59.4 Å². The third kappa shape index (κ3) is 4.09. The van der Waals surface area contributed by atoms with Gasteiger partial charge in [-0.1, -0.05) is 18.2 Å². The van der Waals surface area contributed by atoms with Crippen LogP contribution in [0.1, 0.15) is 18.2 Å². The van der Waals surface area contributed by atoms with Gasteiger partial charge in [0.15, 0.2) is 5.65 Å². The summed E-state index contributed by atoms with van der Waals surface area (Å²) in [7, 11) is 0. The lowest BCUT2D eigenvalue weighted by Crippen LogP contribution is -2.36. The summed E-state index contributed by atoms with van der Waals surface area (Å²) in [6, 6.07) is 15.5. The summed E-state index contributed by atoms with van der Waals surface area (Å²) in [5, 5.41) is 7.40. The van der Waals surface area contributed by atoms with Gasteiger partial charge < -0.3 is 10.2 Å².